The molecule has 4 heteroatoms. The van der Waals surface area contributed by atoms with Crippen LogP contribution < -0.4 is 10.5 Å². The molecule has 19 heavy (non-hydrogen) atoms. The van der Waals surface area contributed by atoms with Gasteiger partial charge in [0, 0.05) is 21.4 Å². The zero-order valence-electron chi connectivity index (χ0n) is 10.9. The lowest BCUT2D eigenvalue weighted by atomic mass is 10.1. The highest BCUT2D eigenvalue weighted by molar-refractivity contribution is 7.99. The minimum absolute atomic E-state index is 0.261. The maximum Gasteiger partial charge on any atom is 0.129 e. The van der Waals surface area contributed by atoms with E-state index < -0.39 is 0 Å². The Bertz CT molecular complexity index is 572. The van der Waals surface area contributed by atoms with E-state index in [0.717, 1.165) is 15.5 Å². The molecule has 1 atom stereocenters. The average molecular weight is 277 g/mol. The summed E-state index contributed by atoms with van der Waals surface area (Å²) >= 11 is 1.49. The molecular weight excluding hydrogens is 261 g/mol. The lowest BCUT2D eigenvalue weighted by Crippen LogP contribution is -2.08. The Morgan fingerprint density at radius 1 is 1.21 bits per heavy atom. The number of hydrogen-bond acceptors (Lipinski definition) is 3. The number of rotatable bonds is 4. The molecular formula is C15H16FNOS. The number of benzene rings is 2. The summed E-state index contributed by atoms with van der Waals surface area (Å²) in [7, 11) is 1.62. The van der Waals surface area contributed by atoms with Gasteiger partial charge in [-0.1, -0.05) is 23.9 Å². The van der Waals surface area contributed by atoms with Gasteiger partial charge in [0.05, 0.1) is 7.11 Å². The van der Waals surface area contributed by atoms with E-state index in [0.29, 0.717) is 5.56 Å². The quantitative estimate of drug-likeness (QED) is 0.917. The first-order valence-electron chi connectivity index (χ1n) is 5.97. The van der Waals surface area contributed by atoms with E-state index in [9.17, 15) is 4.39 Å². The summed E-state index contributed by atoms with van der Waals surface area (Å²) in [4.78, 5) is 1.83. The van der Waals surface area contributed by atoms with Crippen LogP contribution in [0.2, 0.25) is 0 Å². The second-order valence-electron chi connectivity index (χ2n) is 4.22. The van der Waals surface area contributed by atoms with Crippen molar-refractivity contribution in [3.63, 3.8) is 0 Å². The molecule has 2 rings (SSSR count). The normalized spacial score (nSPS) is 12.2. The van der Waals surface area contributed by atoms with Crippen LogP contribution in [0.25, 0.3) is 0 Å². The number of hydrogen-bond donors (Lipinski definition) is 1. The standard InChI is InChI=1S/C15H16FNOS/c1-10(17)15-13(16)7-4-8-14(15)19-12-6-3-5-11(9-12)18-2/h3-10H,17H2,1-2H3/t10-/m1/s1. The van der Waals surface area contributed by atoms with Crippen molar-refractivity contribution in [2.45, 2.75) is 22.8 Å². The molecule has 2 N–H and O–H groups in total. The van der Waals surface area contributed by atoms with Crippen molar-refractivity contribution in [1.82, 2.24) is 0 Å². The van der Waals surface area contributed by atoms with Crippen molar-refractivity contribution in [2.24, 2.45) is 5.73 Å². The topological polar surface area (TPSA) is 35.2 Å². The van der Waals surface area contributed by atoms with Crippen molar-refractivity contribution in [3.05, 3.63) is 53.8 Å². The van der Waals surface area contributed by atoms with E-state index in [2.05, 4.69) is 0 Å². The summed E-state index contributed by atoms with van der Waals surface area (Å²) in [6, 6.07) is 12.3. The molecule has 0 saturated heterocycles. The number of methoxy groups -OCH3 is 1. The lowest BCUT2D eigenvalue weighted by molar-refractivity contribution is 0.413. The second-order valence-corrected chi connectivity index (χ2v) is 5.34. The highest BCUT2D eigenvalue weighted by Gasteiger charge is 2.13. The molecule has 2 aromatic rings. The summed E-state index contributed by atoms with van der Waals surface area (Å²) in [5, 5.41) is 0. The molecule has 0 aliphatic heterocycles. The molecule has 2 aromatic carbocycles. The van der Waals surface area contributed by atoms with E-state index in [4.69, 9.17) is 10.5 Å². The smallest absolute Gasteiger partial charge is 0.129 e. The molecule has 0 aromatic heterocycles. The molecule has 0 aliphatic carbocycles. The first kappa shape index (κ1) is 13.9. The van der Waals surface area contributed by atoms with Crippen LogP contribution in [0.5, 0.6) is 5.75 Å². The molecule has 0 spiro atoms. The van der Waals surface area contributed by atoms with Gasteiger partial charge in [-0.2, -0.15) is 0 Å². The van der Waals surface area contributed by atoms with E-state index in [-0.39, 0.29) is 11.9 Å². The van der Waals surface area contributed by atoms with Gasteiger partial charge in [-0.15, -0.1) is 0 Å². The van der Waals surface area contributed by atoms with Gasteiger partial charge in [-0.3, -0.25) is 0 Å². The number of halogens is 1. The lowest BCUT2D eigenvalue weighted by Gasteiger charge is -2.13. The molecule has 0 aliphatic rings. The summed E-state index contributed by atoms with van der Waals surface area (Å²) in [5.41, 5.74) is 6.40. The maximum atomic E-state index is 13.8. The van der Waals surface area contributed by atoms with Crippen LogP contribution in [0.1, 0.15) is 18.5 Å². The summed E-state index contributed by atoms with van der Waals surface area (Å²) in [6.45, 7) is 1.79. The zero-order valence-corrected chi connectivity index (χ0v) is 11.7. The third-order valence-corrected chi connectivity index (χ3v) is 3.80. The van der Waals surface area contributed by atoms with Crippen molar-refractivity contribution in [2.75, 3.05) is 7.11 Å². The van der Waals surface area contributed by atoms with Crippen LogP contribution in [-0.4, -0.2) is 7.11 Å². The van der Waals surface area contributed by atoms with Gasteiger partial charge in [0.2, 0.25) is 0 Å². The highest BCUT2D eigenvalue weighted by Crippen LogP contribution is 2.35. The number of nitrogens with two attached hydrogens (primary N) is 1. The van der Waals surface area contributed by atoms with Crippen molar-refractivity contribution in [1.29, 1.82) is 0 Å². The largest absolute Gasteiger partial charge is 0.497 e. The maximum absolute atomic E-state index is 13.8. The fourth-order valence-electron chi connectivity index (χ4n) is 1.84. The Hall–Kier alpha value is -1.52. The molecule has 2 nitrogen and oxygen atoms in total. The fraction of sp³-hybridized carbons (Fsp3) is 0.200. The summed E-state index contributed by atoms with van der Waals surface area (Å²) < 4.78 is 19.0. The zero-order chi connectivity index (χ0) is 13.8. The molecule has 0 radical (unpaired) electrons. The van der Waals surface area contributed by atoms with Gasteiger partial charge in [-0.25, -0.2) is 4.39 Å². The van der Waals surface area contributed by atoms with Gasteiger partial charge in [0.15, 0.2) is 0 Å². The molecule has 100 valence electrons. The van der Waals surface area contributed by atoms with Crippen molar-refractivity contribution in [3.8, 4) is 5.75 Å². The summed E-state index contributed by atoms with van der Waals surface area (Å²) in [6.07, 6.45) is 0. The third kappa shape index (κ3) is 3.28. The highest BCUT2D eigenvalue weighted by atomic mass is 32.2. The Kier molecular flexibility index (Phi) is 4.45. The molecule has 0 fully saturated rings. The van der Waals surface area contributed by atoms with Crippen LogP contribution >= 0.6 is 11.8 Å². The van der Waals surface area contributed by atoms with Crippen LogP contribution in [0.3, 0.4) is 0 Å². The van der Waals surface area contributed by atoms with Crippen LogP contribution in [0.4, 0.5) is 4.39 Å². The monoisotopic (exact) mass is 277 g/mol. The SMILES string of the molecule is COc1cccc(Sc2cccc(F)c2[C@@H](C)N)c1. The van der Waals surface area contributed by atoms with Gasteiger partial charge in [0.25, 0.3) is 0 Å². The third-order valence-electron chi connectivity index (χ3n) is 2.74. The summed E-state index contributed by atoms with van der Waals surface area (Å²) in [5.74, 6) is 0.520. The van der Waals surface area contributed by atoms with Gasteiger partial charge >= 0.3 is 0 Å². The Labute approximate surface area is 116 Å². The van der Waals surface area contributed by atoms with Gasteiger partial charge in [-0.05, 0) is 37.3 Å². The second kappa shape index (κ2) is 6.08. The average Bonchev–Trinajstić information content (AvgIpc) is 2.38. The van der Waals surface area contributed by atoms with E-state index in [1.54, 1.807) is 20.1 Å². The molecule has 0 unspecified atom stereocenters. The van der Waals surface area contributed by atoms with Gasteiger partial charge in [0.1, 0.15) is 11.6 Å². The Balaban J connectivity index is 2.35. The first-order valence-corrected chi connectivity index (χ1v) is 6.79. The van der Waals surface area contributed by atoms with Crippen molar-refractivity contribution < 1.29 is 9.13 Å². The Morgan fingerprint density at radius 3 is 2.63 bits per heavy atom. The van der Waals surface area contributed by atoms with E-state index >= 15 is 0 Å². The van der Waals surface area contributed by atoms with Crippen molar-refractivity contribution >= 4 is 11.8 Å². The minimum atomic E-state index is -0.339. The molecule has 0 bridgehead atoms. The van der Waals surface area contributed by atoms with Crippen LogP contribution in [0.15, 0.2) is 52.3 Å². The predicted molar refractivity (Wildman–Crippen MR) is 76.1 cm³/mol. The van der Waals surface area contributed by atoms with Crippen LogP contribution in [0, 0.1) is 5.82 Å². The molecule has 0 heterocycles. The van der Waals surface area contributed by atoms with Crippen LogP contribution in [-0.2, 0) is 0 Å². The molecule has 0 amide bonds. The first-order chi connectivity index (χ1) is 9.11. The Morgan fingerprint density at radius 2 is 1.95 bits per heavy atom. The predicted octanol–water partition coefficient (Wildman–Crippen LogP) is 4.01. The minimum Gasteiger partial charge on any atom is -0.497 e. The van der Waals surface area contributed by atoms with Gasteiger partial charge < -0.3 is 10.5 Å². The molecule has 0 saturated carbocycles. The fourth-order valence-corrected chi connectivity index (χ4v) is 2.96. The van der Waals surface area contributed by atoms with E-state index in [1.165, 1.54) is 17.8 Å². The number of ether oxygens (including phenoxy) is 1. The van der Waals surface area contributed by atoms with E-state index in [1.807, 2.05) is 30.3 Å².